The Balaban J connectivity index is 1.52. The lowest BCUT2D eigenvalue weighted by molar-refractivity contribution is 0.0970. The number of benzene rings is 3. The van der Waals surface area contributed by atoms with Crippen LogP contribution in [0.15, 0.2) is 82.0 Å². The van der Waals surface area contributed by atoms with Gasteiger partial charge in [0.1, 0.15) is 22.1 Å². The van der Waals surface area contributed by atoms with Gasteiger partial charge >= 0.3 is 0 Å². The van der Waals surface area contributed by atoms with Crippen LogP contribution in [0.5, 0.6) is 11.5 Å². The standard InChI is InChI=1S/C29H22ClN3O4S/c1-16(2)13-23-31-32-29(38-23)33-25(17-7-6-10-20(14-17)36-19-8-4-3-5-9-19)24-26(34)21-15-18(30)11-12-22(21)37-27(24)28(33)35/h3-12,14-16,25H,13H2,1-2H3. The Labute approximate surface area is 227 Å². The average Bonchev–Trinajstić information content (AvgIpc) is 3.47. The summed E-state index contributed by atoms with van der Waals surface area (Å²) in [7, 11) is 0. The van der Waals surface area contributed by atoms with Gasteiger partial charge in [0.15, 0.2) is 5.43 Å². The van der Waals surface area contributed by atoms with Gasteiger partial charge in [-0.1, -0.05) is 67.1 Å². The number of nitrogens with zero attached hydrogens (tertiary/aromatic N) is 3. The van der Waals surface area contributed by atoms with Gasteiger partial charge in [-0.3, -0.25) is 14.5 Å². The molecular formula is C29H22ClN3O4S. The molecule has 3 aromatic carbocycles. The highest BCUT2D eigenvalue weighted by atomic mass is 35.5. The van der Waals surface area contributed by atoms with Crippen LogP contribution in [0.25, 0.3) is 11.0 Å². The highest BCUT2D eigenvalue weighted by Crippen LogP contribution is 2.43. The molecule has 1 aliphatic rings. The van der Waals surface area contributed by atoms with E-state index in [0.717, 1.165) is 11.4 Å². The second-order valence-corrected chi connectivity index (χ2v) is 10.9. The summed E-state index contributed by atoms with van der Waals surface area (Å²) >= 11 is 7.54. The van der Waals surface area contributed by atoms with Crippen LogP contribution in [0.2, 0.25) is 5.02 Å². The van der Waals surface area contributed by atoms with Gasteiger partial charge in [0.2, 0.25) is 10.9 Å². The smallest absolute Gasteiger partial charge is 0.297 e. The van der Waals surface area contributed by atoms with E-state index in [9.17, 15) is 9.59 Å². The first-order valence-electron chi connectivity index (χ1n) is 12.1. The second-order valence-electron chi connectivity index (χ2n) is 9.46. The van der Waals surface area contributed by atoms with E-state index in [1.54, 1.807) is 18.2 Å². The van der Waals surface area contributed by atoms with Gasteiger partial charge < -0.3 is 9.15 Å². The number of fused-ring (bicyclic) bond motifs is 2. The third kappa shape index (κ3) is 4.36. The Morgan fingerprint density at radius 3 is 2.58 bits per heavy atom. The van der Waals surface area contributed by atoms with Crippen molar-refractivity contribution in [2.24, 2.45) is 5.92 Å². The quantitative estimate of drug-likeness (QED) is 0.228. The van der Waals surface area contributed by atoms with Gasteiger partial charge in [-0.05, 0) is 53.9 Å². The molecule has 1 unspecified atom stereocenters. The van der Waals surface area contributed by atoms with Crippen LogP contribution in [0.1, 0.15) is 46.6 Å². The number of hydrogen-bond donors (Lipinski definition) is 0. The molecule has 0 fully saturated rings. The number of amides is 1. The van der Waals surface area contributed by atoms with Gasteiger partial charge in [-0.2, -0.15) is 0 Å². The van der Waals surface area contributed by atoms with Crippen molar-refractivity contribution in [3.63, 3.8) is 0 Å². The number of ether oxygens (including phenoxy) is 1. The molecule has 0 radical (unpaired) electrons. The number of anilines is 1. The van der Waals surface area contributed by atoms with Gasteiger partial charge in [-0.25, -0.2) is 0 Å². The summed E-state index contributed by atoms with van der Waals surface area (Å²) in [6.45, 7) is 4.19. The summed E-state index contributed by atoms with van der Waals surface area (Å²) in [5, 5.41) is 10.6. The number of hydrogen-bond acceptors (Lipinski definition) is 7. The maximum absolute atomic E-state index is 13.8. The number of carbonyl (C=O) groups excluding carboxylic acids is 1. The maximum atomic E-state index is 13.8. The van der Waals surface area contributed by atoms with Crippen molar-refractivity contribution < 1.29 is 13.9 Å². The van der Waals surface area contributed by atoms with Crippen molar-refractivity contribution in [3.8, 4) is 11.5 Å². The van der Waals surface area contributed by atoms with E-state index in [0.29, 0.717) is 44.1 Å². The molecule has 0 saturated heterocycles. The molecular weight excluding hydrogens is 522 g/mol. The molecule has 38 heavy (non-hydrogen) atoms. The van der Waals surface area contributed by atoms with Crippen LogP contribution in [0.3, 0.4) is 0 Å². The van der Waals surface area contributed by atoms with Crippen molar-refractivity contribution in [1.82, 2.24) is 10.2 Å². The predicted molar refractivity (Wildman–Crippen MR) is 148 cm³/mol. The van der Waals surface area contributed by atoms with E-state index >= 15 is 0 Å². The molecule has 1 aliphatic heterocycles. The monoisotopic (exact) mass is 543 g/mol. The SMILES string of the molecule is CC(C)Cc1nnc(N2C(=O)c3oc4ccc(Cl)cc4c(=O)c3C2c2cccc(Oc3ccccc3)c2)s1. The average molecular weight is 544 g/mol. The number of halogens is 1. The van der Waals surface area contributed by atoms with Gasteiger partial charge in [0.25, 0.3) is 5.91 Å². The first-order chi connectivity index (χ1) is 18.4. The molecule has 0 N–H and O–H groups in total. The summed E-state index contributed by atoms with van der Waals surface area (Å²) in [5.74, 6) is 1.17. The molecule has 0 saturated carbocycles. The Morgan fingerprint density at radius 2 is 1.79 bits per heavy atom. The summed E-state index contributed by atoms with van der Waals surface area (Å²) < 4.78 is 12.1. The second kappa shape index (κ2) is 9.70. The lowest BCUT2D eigenvalue weighted by atomic mass is 9.98. The molecule has 0 aliphatic carbocycles. The van der Waals surface area contributed by atoms with Crippen LogP contribution >= 0.6 is 22.9 Å². The molecule has 2 aromatic heterocycles. The normalized spacial score (nSPS) is 14.9. The van der Waals surface area contributed by atoms with Crippen LogP contribution in [0.4, 0.5) is 5.13 Å². The molecule has 5 aromatic rings. The van der Waals surface area contributed by atoms with E-state index in [-0.39, 0.29) is 16.8 Å². The lowest BCUT2D eigenvalue weighted by Gasteiger charge is -2.22. The van der Waals surface area contributed by atoms with E-state index < -0.39 is 11.9 Å². The fraction of sp³-hybridized carbons (Fsp3) is 0.172. The van der Waals surface area contributed by atoms with Crippen LogP contribution in [-0.2, 0) is 6.42 Å². The number of carbonyl (C=O) groups is 1. The molecule has 0 spiro atoms. The Morgan fingerprint density at radius 1 is 1.00 bits per heavy atom. The first kappa shape index (κ1) is 24.3. The molecule has 0 bridgehead atoms. The maximum Gasteiger partial charge on any atom is 0.297 e. The third-order valence-corrected chi connectivity index (χ3v) is 7.41. The molecule has 6 rings (SSSR count). The summed E-state index contributed by atoms with van der Waals surface area (Å²) in [6, 6.07) is 20.7. The van der Waals surface area contributed by atoms with Crippen molar-refractivity contribution in [2.75, 3.05) is 4.90 Å². The Hall–Kier alpha value is -4.01. The molecule has 7 nitrogen and oxygen atoms in total. The van der Waals surface area contributed by atoms with Crippen LogP contribution in [0, 0.1) is 5.92 Å². The lowest BCUT2D eigenvalue weighted by Crippen LogP contribution is -2.29. The zero-order valence-electron chi connectivity index (χ0n) is 20.6. The van der Waals surface area contributed by atoms with Crippen molar-refractivity contribution >= 4 is 44.9 Å². The number of aromatic nitrogens is 2. The summed E-state index contributed by atoms with van der Waals surface area (Å²) in [6.07, 6.45) is 0.733. The Kier molecular flexibility index (Phi) is 6.21. The minimum atomic E-state index is -0.781. The molecule has 1 amide bonds. The first-order valence-corrected chi connectivity index (χ1v) is 13.3. The van der Waals surface area contributed by atoms with Crippen LogP contribution < -0.4 is 15.1 Å². The van der Waals surface area contributed by atoms with Crippen molar-refractivity contribution in [3.05, 3.63) is 110 Å². The minimum Gasteiger partial charge on any atom is -0.457 e. The predicted octanol–water partition coefficient (Wildman–Crippen LogP) is 7.04. The Bertz CT molecular complexity index is 1730. The minimum absolute atomic E-state index is 0.00943. The van der Waals surface area contributed by atoms with Crippen LogP contribution in [-0.4, -0.2) is 16.1 Å². The highest BCUT2D eigenvalue weighted by molar-refractivity contribution is 7.15. The topological polar surface area (TPSA) is 85.5 Å². The van der Waals surface area contributed by atoms with Gasteiger partial charge in [-0.15, -0.1) is 10.2 Å². The van der Waals surface area contributed by atoms with Gasteiger partial charge in [0.05, 0.1) is 17.0 Å². The molecule has 9 heteroatoms. The summed E-state index contributed by atoms with van der Waals surface area (Å²) in [4.78, 5) is 29.2. The zero-order valence-corrected chi connectivity index (χ0v) is 22.1. The fourth-order valence-electron chi connectivity index (χ4n) is 4.60. The van der Waals surface area contributed by atoms with Crippen molar-refractivity contribution in [1.29, 1.82) is 0 Å². The van der Waals surface area contributed by atoms with Crippen molar-refractivity contribution in [2.45, 2.75) is 26.3 Å². The highest BCUT2D eigenvalue weighted by Gasteiger charge is 2.45. The van der Waals surface area contributed by atoms with E-state index in [1.165, 1.54) is 16.2 Å². The van der Waals surface area contributed by atoms with Gasteiger partial charge in [0, 0.05) is 11.4 Å². The number of para-hydroxylation sites is 1. The number of rotatable bonds is 6. The van der Waals surface area contributed by atoms with E-state index in [2.05, 4.69) is 24.0 Å². The fourth-order valence-corrected chi connectivity index (χ4v) is 5.85. The molecule has 1 atom stereocenters. The molecule has 190 valence electrons. The third-order valence-electron chi connectivity index (χ3n) is 6.23. The largest absolute Gasteiger partial charge is 0.457 e. The van der Waals surface area contributed by atoms with E-state index in [1.807, 2.05) is 54.6 Å². The van der Waals surface area contributed by atoms with E-state index in [4.69, 9.17) is 20.8 Å². The zero-order chi connectivity index (χ0) is 26.4. The molecule has 3 heterocycles. The summed E-state index contributed by atoms with van der Waals surface area (Å²) in [5.41, 5.74) is 0.902.